The van der Waals surface area contributed by atoms with Crippen molar-refractivity contribution < 1.29 is 14.7 Å². The summed E-state index contributed by atoms with van der Waals surface area (Å²) < 4.78 is 0. The van der Waals surface area contributed by atoms with E-state index in [0.29, 0.717) is 16.9 Å². The highest BCUT2D eigenvalue weighted by Crippen LogP contribution is 2.26. The fourth-order valence-corrected chi connectivity index (χ4v) is 3.42. The van der Waals surface area contributed by atoms with Gasteiger partial charge in [-0.1, -0.05) is 0 Å². The van der Waals surface area contributed by atoms with Gasteiger partial charge < -0.3 is 10.0 Å². The number of aliphatic hydroxyl groups is 1. The number of hydrogen-bond acceptors (Lipinski definition) is 4. The second-order valence-corrected chi connectivity index (χ2v) is 6.05. The number of Topliss-reactive ketones (excluding diaryl/α,β-unsaturated/α-hetero) is 1. The van der Waals surface area contributed by atoms with Gasteiger partial charge in [0.05, 0.1) is 11.0 Å². The first-order valence-corrected chi connectivity index (χ1v) is 7.45. The molecule has 1 aliphatic rings. The van der Waals surface area contributed by atoms with Crippen LogP contribution in [-0.2, 0) is 0 Å². The lowest BCUT2D eigenvalue weighted by atomic mass is 10.1. The van der Waals surface area contributed by atoms with Crippen molar-refractivity contribution >= 4 is 23.0 Å². The predicted octanol–water partition coefficient (Wildman–Crippen LogP) is 2.33. The lowest BCUT2D eigenvalue weighted by Crippen LogP contribution is -2.36. The van der Waals surface area contributed by atoms with Crippen LogP contribution < -0.4 is 0 Å². The van der Waals surface area contributed by atoms with E-state index in [-0.39, 0.29) is 17.7 Å². The third-order valence-corrected chi connectivity index (χ3v) is 4.39. The summed E-state index contributed by atoms with van der Waals surface area (Å²) in [5.41, 5.74) is 0.597. The molecule has 1 saturated heterocycles. The van der Waals surface area contributed by atoms with Gasteiger partial charge in [0.25, 0.3) is 5.91 Å². The van der Waals surface area contributed by atoms with Crippen molar-refractivity contribution in [2.24, 2.45) is 0 Å². The lowest BCUT2D eigenvalue weighted by molar-refractivity contribution is 0.0687. The highest BCUT2D eigenvalue weighted by atomic mass is 32.1. The van der Waals surface area contributed by atoms with Crippen LogP contribution in [0.4, 0.5) is 0 Å². The zero-order valence-corrected chi connectivity index (χ0v) is 12.1. The molecule has 1 aliphatic heterocycles. The summed E-state index contributed by atoms with van der Waals surface area (Å²) in [5.74, 6) is -0.0297. The molecule has 19 heavy (non-hydrogen) atoms. The Morgan fingerprint density at radius 1 is 1.58 bits per heavy atom. The topological polar surface area (TPSA) is 57.6 Å². The fourth-order valence-electron chi connectivity index (χ4n) is 2.52. The van der Waals surface area contributed by atoms with Gasteiger partial charge in [-0.25, -0.2) is 0 Å². The van der Waals surface area contributed by atoms with Gasteiger partial charge in [0.1, 0.15) is 0 Å². The van der Waals surface area contributed by atoms with Crippen molar-refractivity contribution in [2.75, 3.05) is 6.54 Å². The molecule has 1 fully saturated rings. The molecule has 1 aromatic heterocycles. The molecule has 2 unspecified atom stereocenters. The quantitative estimate of drug-likeness (QED) is 0.862. The third-order valence-electron chi connectivity index (χ3n) is 3.47. The largest absolute Gasteiger partial charge is 0.393 e. The van der Waals surface area contributed by atoms with E-state index in [4.69, 9.17) is 0 Å². The average molecular weight is 281 g/mol. The first kappa shape index (κ1) is 14.2. The molecule has 1 aromatic rings. The van der Waals surface area contributed by atoms with Crippen molar-refractivity contribution in [2.45, 2.75) is 45.3 Å². The first-order chi connectivity index (χ1) is 8.99. The Balaban J connectivity index is 2.11. The second-order valence-electron chi connectivity index (χ2n) is 5.14. The summed E-state index contributed by atoms with van der Waals surface area (Å²) in [4.78, 5) is 26.1. The number of amides is 1. The molecule has 2 atom stereocenters. The number of likely N-dealkylation sites (tertiary alicyclic amines) is 1. The number of carbonyl (C=O) groups is 2. The smallest absolute Gasteiger partial charge is 0.264 e. The molecule has 4 nitrogen and oxygen atoms in total. The van der Waals surface area contributed by atoms with Crippen LogP contribution in [0.1, 0.15) is 53.1 Å². The summed E-state index contributed by atoms with van der Waals surface area (Å²) in [6.45, 7) is 3.99. The lowest BCUT2D eigenvalue weighted by Gasteiger charge is -2.25. The minimum atomic E-state index is -0.394. The summed E-state index contributed by atoms with van der Waals surface area (Å²) in [6, 6.07) is 1.79. The number of rotatable bonds is 4. The maximum Gasteiger partial charge on any atom is 0.264 e. The summed E-state index contributed by atoms with van der Waals surface area (Å²) in [5, 5.41) is 11.2. The van der Waals surface area contributed by atoms with Gasteiger partial charge in [-0.2, -0.15) is 0 Å². The van der Waals surface area contributed by atoms with Crippen molar-refractivity contribution in [3.8, 4) is 0 Å². The van der Waals surface area contributed by atoms with Gasteiger partial charge in [0.2, 0.25) is 0 Å². The SMILES string of the molecule is CC(=O)c1csc(C(=O)N2CCCC2CC(C)O)c1. The standard InChI is InChI=1S/C14H19NO3S/c1-9(16)6-12-4-3-5-15(12)14(18)13-7-11(8-19-13)10(2)17/h7-9,12,16H,3-6H2,1-2H3. The van der Waals surface area contributed by atoms with Crippen LogP contribution in [0.5, 0.6) is 0 Å². The Bertz CT molecular complexity index is 481. The monoisotopic (exact) mass is 281 g/mol. The molecule has 0 aliphatic carbocycles. The van der Waals surface area contributed by atoms with Crippen molar-refractivity contribution in [3.63, 3.8) is 0 Å². The zero-order valence-electron chi connectivity index (χ0n) is 11.3. The van der Waals surface area contributed by atoms with Crippen molar-refractivity contribution in [1.29, 1.82) is 0 Å². The van der Waals surface area contributed by atoms with Crippen LogP contribution in [-0.4, -0.2) is 40.4 Å². The third kappa shape index (κ3) is 3.22. The Morgan fingerprint density at radius 3 is 2.89 bits per heavy atom. The molecule has 1 N–H and O–H groups in total. The summed E-state index contributed by atoms with van der Waals surface area (Å²) in [7, 11) is 0. The van der Waals surface area contributed by atoms with E-state index in [1.165, 1.54) is 18.3 Å². The van der Waals surface area contributed by atoms with E-state index in [0.717, 1.165) is 19.4 Å². The molecule has 0 bridgehead atoms. The normalized spacial score (nSPS) is 20.6. The van der Waals surface area contributed by atoms with Gasteiger partial charge >= 0.3 is 0 Å². The molecular weight excluding hydrogens is 262 g/mol. The van der Waals surface area contributed by atoms with Gasteiger partial charge in [0, 0.05) is 23.5 Å². The minimum absolute atomic E-state index is 0.0133. The summed E-state index contributed by atoms with van der Waals surface area (Å²) >= 11 is 1.32. The number of ketones is 1. The van der Waals surface area contributed by atoms with Gasteiger partial charge in [0.15, 0.2) is 5.78 Å². The molecular formula is C14H19NO3S. The first-order valence-electron chi connectivity index (χ1n) is 6.57. The highest BCUT2D eigenvalue weighted by molar-refractivity contribution is 7.12. The molecule has 2 heterocycles. The Morgan fingerprint density at radius 2 is 2.32 bits per heavy atom. The zero-order chi connectivity index (χ0) is 14.0. The summed E-state index contributed by atoms with van der Waals surface area (Å²) in [6.07, 6.45) is 2.15. The average Bonchev–Trinajstić information content (AvgIpc) is 2.95. The van der Waals surface area contributed by atoms with E-state index in [2.05, 4.69) is 0 Å². The Labute approximate surface area is 117 Å². The number of hydrogen-bond donors (Lipinski definition) is 1. The predicted molar refractivity (Wildman–Crippen MR) is 74.7 cm³/mol. The van der Waals surface area contributed by atoms with Crippen LogP contribution in [0.3, 0.4) is 0 Å². The molecule has 0 radical (unpaired) electrons. The van der Waals surface area contributed by atoms with Crippen LogP contribution in [0, 0.1) is 0 Å². The second kappa shape index (κ2) is 5.84. The van der Waals surface area contributed by atoms with Crippen LogP contribution >= 0.6 is 11.3 Å². The maximum atomic E-state index is 12.4. The molecule has 0 saturated carbocycles. The van der Waals surface area contributed by atoms with Crippen molar-refractivity contribution in [3.05, 3.63) is 21.9 Å². The van der Waals surface area contributed by atoms with Crippen LogP contribution in [0.25, 0.3) is 0 Å². The molecule has 0 spiro atoms. The van der Waals surface area contributed by atoms with Crippen LogP contribution in [0.2, 0.25) is 0 Å². The van der Waals surface area contributed by atoms with Gasteiger partial charge in [-0.05, 0) is 39.2 Å². The number of thiophene rings is 1. The van der Waals surface area contributed by atoms with Crippen LogP contribution in [0.15, 0.2) is 11.4 Å². The molecule has 2 rings (SSSR count). The van der Waals surface area contributed by atoms with Crippen molar-refractivity contribution in [1.82, 2.24) is 4.90 Å². The molecule has 104 valence electrons. The molecule has 5 heteroatoms. The number of carbonyl (C=O) groups excluding carboxylic acids is 2. The van der Waals surface area contributed by atoms with Gasteiger partial charge in [-0.3, -0.25) is 9.59 Å². The van der Waals surface area contributed by atoms with E-state index in [9.17, 15) is 14.7 Å². The van der Waals surface area contributed by atoms with Gasteiger partial charge in [-0.15, -0.1) is 11.3 Å². The molecule has 1 amide bonds. The van der Waals surface area contributed by atoms with E-state index in [1.807, 2.05) is 4.90 Å². The van der Waals surface area contributed by atoms with E-state index >= 15 is 0 Å². The molecule has 0 aromatic carbocycles. The Kier molecular flexibility index (Phi) is 4.37. The minimum Gasteiger partial charge on any atom is -0.393 e. The maximum absolute atomic E-state index is 12.4. The highest BCUT2D eigenvalue weighted by Gasteiger charge is 2.30. The Hall–Kier alpha value is -1.20. The van der Waals surface area contributed by atoms with E-state index < -0.39 is 6.10 Å². The van der Waals surface area contributed by atoms with E-state index in [1.54, 1.807) is 18.4 Å². The number of aliphatic hydroxyl groups excluding tert-OH is 1. The number of nitrogens with zero attached hydrogens (tertiary/aromatic N) is 1. The fraction of sp³-hybridized carbons (Fsp3) is 0.571.